The molecular formula is C19H24N2O4S. The van der Waals surface area contributed by atoms with Gasteiger partial charge in [-0.1, -0.05) is 0 Å². The Hall–Kier alpha value is -2.25. The van der Waals surface area contributed by atoms with Crippen molar-refractivity contribution in [1.82, 2.24) is 4.31 Å². The minimum absolute atomic E-state index is 0.255. The molecule has 2 aromatic rings. The Kier molecular flexibility index (Phi) is 5.68. The Bertz CT molecular complexity index is 812. The zero-order valence-electron chi connectivity index (χ0n) is 15.0. The van der Waals surface area contributed by atoms with Crippen molar-refractivity contribution in [3.8, 4) is 11.5 Å². The molecule has 26 heavy (non-hydrogen) atoms. The summed E-state index contributed by atoms with van der Waals surface area (Å²) in [5.74, 6) is 1.46. The number of anilines is 1. The summed E-state index contributed by atoms with van der Waals surface area (Å²) in [6.45, 7) is 1.00. The van der Waals surface area contributed by atoms with Crippen molar-refractivity contribution in [2.75, 3.05) is 32.6 Å². The zero-order valence-corrected chi connectivity index (χ0v) is 15.8. The Balaban J connectivity index is 1.59. The minimum atomic E-state index is -3.46. The normalized spacial score (nSPS) is 16.2. The molecule has 1 fully saturated rings. The number of rotatable bonds is 6. The first kappa shape index (κ1) is 18.5. The van der Waals surface area contributed by atoms with Crippen LogP contribution < -0.4 is 14.8 Å². The van der Waals surface area contributed by atoms with Crippen molar-refractivity contribution in [1.29, 1.82) is 0 Å². The van der Waals surface area contributed by atoms with E-state index in [1.807, 2.05) is 24.3 Å². The van der Waals surface area contributed by atoms with Crippen LogP contribution in [0.15, 0.2) is 53.4 Å². The number of benzene rings is 2. The van der Waals surface area contributed by atoms with Gasteiger partial charge in [0.25, 0.3) is 0 Å². The van der Waals surface area contributed by atoms with Crippen LogP contribution in [0.4, 0.5) is 5.69 Å². The molecule has 140 valence electrons. The average Bonchev–Trinajstić information content (AvgIpc) is 2.69. The number of sulfonamides is 1. The summed E-state index contributed by atoms with van der Waals surface area (Å²) in [5, 5.41) is 3.47. The molecule has 0 spiro atoms. The molecule has 0 bridgehead atoms. The molecule has 0 radical (unpaired) electrons. The lowest BCUT2D eigenvalue weighted by Gasteiger charge is -2.32. The van der Waals surface area contributed by atoms with Crippen molar-refractivity contribution in [3.63, 3.8) is 0 Å². The van der Waals surface area contributed by atoms with E-state index in [1.54, 1.807) is 42.8 Å². The second kappa shape index (κ2) is 7.97. The first-order valence-electron chi connectivity index (χ1n) is 8.58. The molecular weight excluding hydrogens is 352 g/mol. The van der Waals surface area contributed by atoms with E-state index < -0.39 is 10.0 Å². The van der Waals surface area contributed by atoms with Gasteiger partial charge in [0.1, 0.15) is 11.5 Å². The summed E-state index contributed by atoms with van der Waals surface area (Å²) in [5.41, 5.74) is 1.02. The van der Waals surface area contributed by atoms with Gasteiger partial charge in [0.05, 0.1) is 19.1 Å². The monoisotopic (exact) mass is 376 g/mol. The Morgan fingerprint density at radius 1 is 0.885 bits per heavy atom. The van der Waals surface area contributed by atoms with Crippen molar-refractivity contribution in [2.45, 2.75) is 23.8 Å². The summed E-state index contributed by atoms with van der Waals surface area (Å²) >= 11 is 0. The maximum Gasteiger partial charge on any atom is 0.243 e. The van der Waals surface area contributed by atoms with E-state index in [-0.39, 0.29) is 6.04 Å². The van der Waals surface area contributed by atoms with Crippen LogP contribution in [0, 0.1) is 0 Å². The second-order valence-corrected chi connectivity index (χ2v) is 8.16. The lowest BCUT2D eigenvalue weighted by molar-refractivity contribution is 0.329. The Morgan fingerprint density at radius 3 is 1.88 bits per heavy atom. The number of ether oxygens (including phenoxy) is 2. The number of hydrogen-bond donors (Lipinski definition) is 1. The quantitative estimate of drug-likeness (QED) is 0.839. The standard InChI is InChI=1S/C19H24N2O4S/c1-24-17-5-3-15(4-6-17)20-16-11-13-21(14-12-16)26(22,23)19-9-7-18(25-2)8-10-19/h3-10,16,20H,11-14H2,1-2H3. The van der Waals surface area contributed by atoms with Crippen LogP contribution >= 0.6 is 0 Å². The number of piperidine rings is 1. The van der Waals surface area contributed by atoms with Crippen molar-refractivity contribution in [2.24, 2.45) is 0 Å². The maximum atomic E-state index is 12.8. The fraction of sp³-hybridized carbons (Fsp3) is 0.368. The highest BCUT2D eigenvalue weighted by atomic mass is 32.2. The number of nitrogens with one attached hydrogen (secondary N) is 1. The number of methoxy groups -OCH3 is 2. The highest BCUT2D eigenvalue weighted by Crippen LogP contribution is 2.24. The summed E-state index contributed by atoms with van der Waals surface area (Å²) in [7, 11) is -0.259. The molecule has 0 aliphatic carbocycles. The van der Waals surface area contributed by atoms with E-state index in [1.165, 1.54) is 0 Å². The summed E-state index contributed by atoms with van der Waals surface area (Å²) < 4.78 is 37.3. The molecule has 1 heterocycles. The SMILES string of the molecule is COc1ccc(NC2CCN(S(=O)(=O)c3ccc(OC)cc3)CC2)cc1. The van der Waals surface area contributed by atoms with Gasteiger partial charge < -0.3 is 14.8 Å². The van der Waals surface area contributed by atoms with Crippen LogP contribution in [0.2, 0.25) is 0 Å². The van der Waals surface area contributed by atoms with Gasteiger partial charge in [-0.2, -0.15) is 4.31 Å². The van der Waals surface area contributed by atoms with Crippen LogP contribution in [0.3, 0.4) is 0 Å². The number of nitrogens with zero attached hydrogens (tertiary/aromatic N) is 1. The van der Waals surface area contributed by atoms with Gasteiger partial charge in [0.2, 0.25) is 10.0 Å². The van der Waals surface area contributed by atoms with E-state index in [0.29, 0.717) is 23.7 Å². The van der Waals surface area contributed by atoms with Crippen molar-refractivity contribution in [3.05, 3.63) is 48.5 Å². The summed E-state index contributed by atoms with van der Waals surface area (Å²) in [6.07, 6.45) is 1.53. The number of hydrogen-bond acceptors (Lipinski definition) is 5. The lowest BCUT2D eigenvalue weighted by Crippen LogP contribution is -2.42. The maximum absolute atomic E-state index is 12.8. The molecule has 0 atom stereocenters. The van der Waals surface area contributed by atoms with Gasteiger partial charge in [-0.25, -0.2) is 8.42 Å². The van der Waals surface area contributed by atoms with Gasteiger partial charge in [0, 0.05) is 24.8 Å². The average molecular weight is 376 g/mol. The van der Waals surface area contributed by atoms with E-state index in [9.17, 15) is 8.42 Å². The smallest absolute Gasteiger partial charge is 0.243 e. The third kappa shape index (κ3) is 4.11. The predicted octanol–water partition coefficient (Wildman–Crippen LogP) is 2.97. The predicted molar refractivity (Wildman–Crippen MR) is 101 cm³/mol. The molecule has 1 saturated heterocycles. The third-order valence-electron chi connectivity index (χ3n) is 4.61. The molecule has 6 nitrogen and oxygen atoms in total. The highest BCUT2D eigenvalue weighted by molar-refractivity contribution is 7.89. The topological polar surface area (TPSA) is 67.9 Å². The fourth-order valence-electron chi connectivity index (χ4n) is 3.06. The van der Waals surface area contributed by atoms with E-state index in [2.05, 4.69) is 5.32 Å². The first-order valence-corrected chi connectivity index (χ1v) is 10.0. The molecule has 1 N–H and O–H groups in total. The molecule has 0 aromatic heterocycles. The fourth-order valence-corrected chi connectivity index (χ4v) is 4.53. The molecule has 2 aromatic carbocycles. The van der Waals surface area contributed by atoms with Gasteiger partial charge in [0.15, 0.2) is 0 Å². The van der Waals surface area contributed by atoms with Gasteiger partial charge in [-0.05, 0) is 61.4 Å². The summed E-state index contributed by atoms with van der Waals surface area (Å²) in [4.78, 5) is 0.305. The van der Waals surface area contributed by atoms with Gasteiger partial charge in [-0.3, -0.25) is 0 Å². The summed E-state index contributed by atoms with van der Waals surface area (Å²) in [6, 6.07) is 14.5. The van der Waals surface area contributed by atoms with Crippen molar-refractivity contribution >= 4 is 15.7 Å². The second-order valence-electron chi connectivity index (χ2n) is 6.23. The van der Waals surface area contributed by atoms with Crippen LogP contribution in [0.25, 0.3) is 0 Å². The van der Waals surface area contributed by atoms with Crippen LogP contribution in [-0.4, -0.2) is 46.1 Å². The molecule has 1 aliphatic heterocycles. The molecule has 7 heteroatoms. The highest BCUT2D eigenvalue weighted by Gasteiger charge is 2.29. The van der Waals surface area contributed by atoms with E-state index in [0.717, 1.165) is 24.3 Å². The molecule has 1 aliphatic rings. The Morgan fingerprint density at radius 2 is 1.38 bits per heavy atom. The molecule has 3 rings (SSSR count). The van der Waals surface area contributed by atoms with Crippen LogP contribution in [-0.2, 0) is 10.0 Å². The van der Waals surface area contributed by atoms with E-state index >= 15 is 0 Å². The Labute approximate surface area is 154 Å². The zero-order chi connectivity index (χ0) is 18.6. The lowest BCUT2D eigenvalue weighted by atomic mass is 10.1. The minimum Gasteiger partial charge on any atom is -0.497 e. The molecule has 0 unspecified atom stereocenters. The first-order chi connectivity index (χ1) is 12.5. The molecule has 0 amide bonds. The van der Waals surface area contributed by atoms with Gasteiger partial charge in [-0.15, -0.1) is 0 Å². The van der Waals surface area contributed by atoms with Crippen LogP contribution in [0.1, 0.15) is 12.8 Å². The molecule has 0 saturated carbocycles. The van der Waals surface area contributed by atoms with E-state index in [4.69, 9.17) is 9.47 Å². The van der Waals surface area contributed by atoms with Crippen LogP contribution in [0.5, 0.6) is 11.5 Å². The van der Waals surface area contributed by atoms with Gasteiger partial charge >= 0.3 is 0 Å². The van der Waals surface area contributed by atoms with Crippen molar-refractivity contribution < 1.29 is 17.9 Å². The third-order valence-corrected chi connectivity index (χ3v) is 6.52. The largest absolute Gasteiger partial charge is 0.497 e.